The van der Waals surface area contributed by atoms with E-state index in [2.05, 4.69) is 6.92 Å². The molecule has 0 spiro atoms. The van der Waals surface area contributed by atoms with Crippen molar-refractivity contribution < 1.29 is 14.3 Å². The summed E-state index contributed by atoms with van der Waals surface area (Å²) in [5.41, 5.74) is 0.847. The van der Waals surface area contributed by atoms with E-state index in [0.717, 1.165) is 18.5 Å². The van der Waals surface area contributed by atoms with Gasteiger partial charge in [0.1, 0.15) is 11.8 Å². The van der Waals surface area contributed by atoms with Crippen LogP contribution >= 0.6 is 0 Å². The molecule has 104 valence electrons. The number of fused-ring (bicyclic) bond motifs is 1. The highest BCUT2D eigenvalue weighted by Gasteiger charge is 2.29. The summed E-state index contributed by atoms with van der Waals surface area (Å²) in [4.78, 5) is 12.9. The minimum atomic E-state index is -0.00345. The average molecular weight is 272 g/mol. The number of benzene rings is 1. The molecule has 0 unspecified atom stereocenters. The number of ether oxygens (including phenoxy) is 2. The zero-order chi connectivity index (χ0) is 14.5. The Bertz CT molecular complexity index is 587. The van der Waals surface area contributed by atoms with E-state index in [4.69, 9.17) is 14.7 Å². The van der Waals surface area contributed by atoms with Gasteiger partial charge in [-0.15, -0.1) is 0 Å². The van der Waals surface area contributed by atoms with Crippen LogP contribution in [0.4, 0.5) is 5.69 Å². The molecule has 0 saturated heterocycles. The van der Waals surface area contributed by atoms with Gasteiger partial charge in [0.25, 0.3) is 0 Å². The second-order valence-corrected chi connectivity index (χ2v) is 4.39. The van der Waals surface area contributed by atoms with E-state index in [1.54, 1.807) is 13.2 Å². The lowest BCUT2D eigenvalue weighted by molar-refractivity contribution is -0.104. The van der Waals surface area contributed by atoms with Gasteiger partial charge in [0.2, 0.25) is 5.88 Å². The minimum Gasteiger partial charge on any atom is -0.497 e. The van der Waals surface area contributed by atoms with Gasteiger partial charge in [-0.3, -0.25) is 4.79 Å². The molecule has 1 aliphatic rings. The molecule has 0 bridgehead atoms. The average Bonchev–Trinajstić information content (AvgIpc) is 2.83. The van der Waals surface area contributed by atoms with Crippen molar-refractivity contribution in [3.8, 4) is 17.6 Å². The highest BCUT2D eigenvalue weighted by molar-refractivity contribution is 5.83. The molecule has 0 radical (unpaired) electrons. The van der Waals surface area contributed by atoms with Crippen molar-refractivity contribution in [2.45, 2.75) is 19.8 Å². The normalized spacial score (nSPS) is 15.2. The van der Waals surface area contributed by atoms with Crippen molar-refractivity contribution in [2.75, 3.05) is 18.6 Å². The Hall–Kier alpha value is -2.48. The lowest BCUT2D eigenvalue weighted by Crippen LogP contribution is -2.23. The predicted octanol–water partition coefficient (Wildman–Crippen LogP) is 2.63. The molecule has 0 atom stereocenters. The number of carbonyl (C=O) groups excluding carboxylic acids is 1. The third-order valence-electron chi connectivity index (χ3n) is 3.11. The topological polar surface area (TPSA) is 62.6 Å². The number of anilines is 1. The molecule has 0 saturated carbocycles. The third-order valence-corrected chi connectivity index (χ3v) is 3.11. The summed E-state index contributed by atoms with van der Waals surface area (Å²) < 4.78 is 10.8. The van der Waals surface area contributed by atoms with Crippen molar-refractivity contribution in [3.63, 3.8) is 0 Å². The van der Waals surface area contributed by atoms with Crippen LogP contribution in [0, 0.1) is 11.3 Å². The lowest BCUT2D eigenvalue weighted by atomic mass is 10.2. The summed E-state index contributed by atoms with van der Waals surface area (Å²) in [6, 6.07) is 7.33. The molecule has 20 heavy (non-hydrogen) atoms. The molecule has 0 aromatic heterocycles. The summed E-state index contributed by atoms with van der Waals surface area (Å²) in [5.74, 6) is 1.58. The number of rotatable bonds is 5. The molecule has 0 N–H and O–H groups in total. The molecule has 0 fully saturated rings. The monoisotopic (exact) mass is 272 g/mol. The van der Waals surface area contributed by atoms with Crippen molar-refractivity contribution >= 4 is 12.0 Å². The highest BCUT2D eigenvalue weighted by Crippen LogP contribution is 2.42. The predicted molar refractivity (Wildman–Crippen MR) is 74.6 cm³/mol. The lowest BCUT2D eigenvalue weighted by Gasteiger charge is -2.18. The molecule has 1 aromatic carbocycles. The van der Waals surface area contributed by atoms with E-state index in [9.17, 15) is 4.79 Å². The van der Waals surface area contributed by atoms with Gasteiger partial charge >= 0.3 is 0 Å². The summed E-state index contributed by atoms with van der Waals surface area (Å²) in [5, 5.41) is 9.04. The fourth-order valence-electron chi connectivity index (χ4n) is 2.06. The van der Waals surface area contributed by atoms with E-state index in [1.165, 1.54) is 0 Å². The van der Waals surface area contributed by atoms with Crippen LogP contribution in [0.15, 0.2) is 29.7 Å². The number of aldehydes is 1. The Morgan fingerprint density at radius 2 is 2.35 bits per heavy atom. The van der Waals surface area contributed by atoms with Gasteiger partial charge in [-0.2, -0.15) is 5.26 Å². The SMILES string of the molecule is CCCCN1/C(=C(\C#N)C=O)Oc2cc(OC)ccc21. The van der Waals surface area contributed by atoms with Gasteiger partial charge < -0.3 is 14.4 Å². The smallest absolute Gasteiger partial charge is 0.222 e. The molecule has 1 aromatic rings. The fourth-order valence-corrected chi connectivity index (χ4v) is 2.06. The summed E-state index contributed by atoms with van der Waals surface area (Å²) >= 11 is 0. The highest BCUT2D eigenvalue weighted by atomic mass is 16.5. The van der Waals surface area contributed by atoms with Gasteiger partial charge in [-0.05, 0) is 18.6 Å². The first kappa shape index (κ1) is 13.9. The molecule has 2 rings (SSSR count). The van der Waals surface area contributed by atoms with Crippen LogP contribution < -0.4 is 14.4 Å². The molecular formula is C15H16N2O3. The zero-order valence-corrected chi connectivity index (χ0v) is 11.5. The molecule has 0 aliphatic carbocycles. The molecule has 5 heteroatoms. The number of nitriles is 1. The Morgan fingerprint density at radius 3 is 2.95 bits per heavy atom. The van der Waals surface area contributed by atoms with Gasteiger partial charge in [-0.25, -0.2) is 0 Å². The molecular weight excluding hydrogens is 256 g/mol. The number of unbranched alkanes of at least 4 members (excludes halogenated alkanes) is 1. The Balaban J connectivity index is 2.45. The Morgan fingerprint density at radius 1 is 1.55 bits per heavy atom. The number of carbonyl (C=O) groups is 1. The first-order valence-electron chi connectivity index (χ1n) is 6.48. The van der Waals surface area contributed by atoms with Crippen LogP contribution in [0.1, 0.15) is 19.8 Å². The van der Waals surface area contributed by atoms with Crippen molar-refractivity contribution in [1.29, 1.82) is 5.26 Å². The van der Waals surface area contributed by atoms with Gasteiger partial charge in [0.05, 0.1) is 12.8 Å². The quantitative estimate of drug-likeness (QED) is 0.468. The van der Waals surface area contributed by atoms with Crippen LogP contribution in [0.25, 0.3) is 0 Å². The molecule has 1 aliphatic heterocycles. The first-order chi connectivity index (χ1) is 9.74. The molecule has 0 amide bonds. The number of allylic oxidation sites excluding steroid dienone is 1. The van der Waals surface area contributed by atoms with E-state index in [-0.39, 0.29) is 5.57 Å². The van der Waals surface area contributed by atoms with Crippen LogP contribution in [-0.2, 0) is 4.79 Å². The van der Waals surface area contributed by atoms with Crippen LogP contribution in [0.2, 0.25) is 0 Å². The second kappa shape index (κ2) is 6.11. The third kappa shape index (κ3) is 2.45. The largest absolute Gasteiger partial charge is 0.497 e. The van der Waals surface area contributed by atoms with E-state index in [1.807, 2.05) is 23.1 Å². The summed E-state index contributed by atoms with van der Waals surface area (Å²) in [6.07, 6.45) is 2.48. The number of nitrogens with zero attached hydrogens (tertiary/aromatic N) is 2. The summed E-state index contributed by atoms with van der Waals surface area (Å²) in [6.45, 7) is 2.78. The molecule has 5 nitrogen and oxygen atoms in total. The van der Waals surface area contributed by atoms with E-state index < -0.39 is 0 Å². The second-order valence-electron chi connectivity index (χ2n) is 4.39. The van der Waals surface area contributed by atoms with Gasteiger partial charge in [0, 0.05) is 12.6 Å². The maximum atomic E-state index is 11.0. The van der Waals surface area contributed by atoms with E-state index in [0.29, 0.717) is 30.2 Å². The first-order valence-corrected chi connectivity index (χ1v) is 6.48. The standard InChI is InChI=1S/C15H16N2O3/c1-3-4-7-17-13-6-5-12(19-2)8-14(13)20-15(17)11(9-16)10-18/h5-6,8,10H,3-4,7H2,1-2H3/b15-11-. The number of hydrogen-bond donors (Lipinski definition) is 0. The zero-order valence-electron chi connectivity index (χ0n) is 11.5. The Kier molecular flexibility index (Phi) is 4.26. The Labute approximate surface area is 118 Å². The van der Waals surface area contributed by atoms with Crippen LogP contribution in [-0.4, -0.2) is 19.9 Å². The number of methoxy groups -OCH3 is 1. The number of hydrogen-bond acceptors (Lipinski definition) is 5. The summed E-state index contributed by atoms with van der Waals surface area (Å²) in [7, 11) is 1.58. The van der Waals surface area contributed by atoms with Crippen molar-refractivity contribution in [1.82, 2.24) is 0 Å². The maximum absolute atomic E-state index is 11.0. The van der Waals surface area contributed by atoms with Gasteiger partial charge in [-0.1, -0.05) is 13.3 Å². The van der Waals surface area contributed by atoms with Crippen molar-refractivity contribution in [2.24, 2.45) is 0 Å². The fraction of sp³-hybridized carbons (Fsp3) is 0.333. The van der Waals surface area contributed by atoms with Crippen molar-refractivity contribution in [3.05, 3.63) is 29.7 Å². The van der Waals surface area contributed by atoms with Gasteiger partial charge in [0.15, 0.2) is 17.6 Å². The van der Waals surface area contributed by atoms with E-state index >= 15 is 0 Å². The van der Waals surface area contributed by atoms with Crippen LogP contribution in [0.3, 0.4) is 0 Å². The van der Waals surface area contributed by atoms with Crippen LogP contribution in [0.5, 0.6) is 11.5 Å². The maximum Gasteiger partial charge on any atom is 0.222 e. The minimum absolute atomic E-state index is 0.00345. The molecule has 1 heterocycles.